The monoisotopic (exact) mass is 351 g/mol. The first-order valence-corrected chi connectivity index (χ1v) is 9.26. The van der Waals surface area contributed by atoms with Crippen molar-refractivity contribution < 1.29 is 4.79 Å². The quantitative estimate of drug-likeness (QED) is 0.666. The summed E-state index contributed by atoms with van der Waals surface area (Å²) < 4.78 is 1.99. The Hall–Kier alpha value is -2.53. The molecule has 1 heterocycles. The molecule has 0 fully saturated rings. The van der Waals surface area contributed by atoms with E-state index >= 15 is 0 Å². The number of aromatic nitrogens is 2. The summed E-state index contributed by atoms with van der Waals surface area (Å²) in [5.41, 5.74) is 4.34. The lowest BCUT2D eigenvalue weighted by atomic mass is 10.1. The molecule has 1 amide bonds. The van der Waals surface area contributed by atoms with Crippen LogP contribution < -0.4 is 5.32 Å². The highest BCUT2D eigenvalue weighted by Gasteiger charge is 2.09. The first-order chi connectivity index (χ1) is 12.2. The van der Waals surface area contributed by atoms with Gasteiger partial charge in [-0.3, -0.25) is 9.36 Å². The van der Waals surface area contributed by atoms with Gasteiger partial charge < -0.3 is 5.32 Å². The average Bonchev–Trinajstić information content (AvgIpc) is 3.10. The summed E-state index contributed by atoms with van der Waals surface area (Å²) in [5, 5.41) is 3.73. The molecule has 25 heavy (non-hydrogen) atoms. The van der Waals surface area contributed by atoms with Crippen molar-refractivity contribution in [2.75, 3.05) is 11.1 Å². The number of carbonyl (C=O) groups is 1. The van der Waals surface area contributed by atoms with Crippen molar-refractivity contribution in [1.82, 2.24) is 9.55 Å². The largest absolute Gasteiger partial charge is 0.325 e. The molecule has 0 aliphatic rings. The molecule has 128 valence electrons. The minimum Gasteiger partial charge on any atom is -0.325 e. The fourth-order valence-electron chi connectivity index (χ4n) is 2.45. The van der Waals surface area contributed by atoms with E-state index in [4.69, 9.17) is 0 Å². The number of aryl methyl sites for hydroxylation is 2. The molecule has 0 saturated heterocycles. The van der Waals surface area contributed by atoms with E-state index in [1.165, 1.54) is 22.9 Å². The second kappa shape index (κ2) is 8.03. The van der Waals surface area contributed by atoms with Gasteiger partial charge in [0.2, 0.25) is 5.91 Å². The Labute approximate surface area is 152 Å². The van der Waals surface area contributed by atoms with Crippen molar-refractivity contribution in [3.63, 3.8) is 0 Å². The number of anilines is 1. The summed E-state index contributed by atoms with van der Waals surface area (Å²) in [6.07, 6.45) is 4.66. The number of amides is 1. The zero-order valence-corrected chi connectivity index (χ0v) is 15.2. The number of hydrogen-bond donors (Lipinski definition) is 1. The van der Waals surface area contributed by atoms with E-state index < -0.39 is 0 Å². The fourth-order valence-corrected chi connectivity index (χ4v) is 3.22. The SMILES string of the molecule is CCc1ccc(NC(=O)CSc2nccn2-c2ccc(C)cc2)cc1. The van der Waals surface area contributed by atoms with Crippen LogP contribution in [0.25, 0.3) is 5.69 Å². The highest BCUT2D eigenvalue weighted by atomic mass is 32.2. The van der Waals surface area contributed by atoms with Crippen LogP contribution in [-0.2, 0) is 11.2 Å². The minimum atomic E-state index is -0.0345. The number of nitrogens with zero attached hydrogens (tertiary/aromatic N) is 2. The molecule has 0 aliphatic carbocycles. The summed E-state index contributed by atoms with van der Waals surface area (Å²) in [6.45, 7) is 4.17. The Bertz CT molecular complexity index is 838. The smallest absolute Gasteiger partial charge is 0.234 e. The van der Waals surface area contributed by atoms with Gasteiger partial charge in [-0.2, -0.15) is 0 Å². The first-order valence-electron chi connectivity index (χ1n) is 8.27. The highest BCUT2D eigenvalue weighted by Crippen LogP contribution is 2.21. The number of benzene rings is 2. The van der Waals surface area contributed by atoms with Crippen LogP contribution in [0.15, 0.2) is 66.1 Å². The fraction of sp³-hybridized carbons (Fsp3) is 0.200. The second-order valence-electron chi connectivity index (χ2n) is 5.80. The molecular weight excluding hydrogens is 330 g/mol. The summed E-state index contributed by atoms with van der Waals surface area (Å²) in [5.74, 6) is 0.283. The van der Waals surface area contributed by atoms with Gasteiger partial charge in [-0.05, 0) is 43.2 Å². The maximum absolute atomic E-state index is 12.2. The molecule has 0 saturated carbocycles. The van der Waals surface area contributed by atoms with E-state index in [1.807, 2.05) is 35.0 Å². The van der Waals surface area contributed by atoms with E-state index in [0.717, 1.165) is 23.0 Å². The molecule has 0 aliphatic heterocycles. The van der Waals surface area contributed by atoms with Crippen molar-refractivity contribution in [3.8, 4) is 5.69 Å². The zero-order valence-electron chi connectivity index (χ0n) is 14.4. The Kier molecular flexibility index (Phi) is 5.56. The zero-order chi connectivity index (χ0) is 17.6. The van der Waals surface area contributed by atoms with Gasteiger partial charge in [0.25, 0.3) is 0 Å². The van der Waals surface area contributed by atoms with Gasteiger partial charge in [0.1, 0.15) is 0 Å². The topological polar surface area (TPSA) is 46.9 Å². The summed E-state index contributed by atoms with van der Waals surface area (Å²) in [7, 11) is 0. The number of hydrogen-bond acceptors (Lipinski definition) is 3. The minimum absolute atomic E-state index is 0.0345. The first kappa shape index (κ1) is 17.3. The van der Waals surface area contributed by atoms with Crippen molar-refractivity contribution in [1.29, 1.82) is 0 Å². The molecule has 0 atom stereocenters. The number of thioether (sulfide) groups is 1. The molecule has 1 aromatic heterocycles. The van der Waals surface area contributed by atoms with E-state index in [2.05, 4.69) is 48.4 Å². The van der Waals surface area contributed by atoms with E-state index in [1.54, 1.807) is 6.20 Å². The average molecular weight is 351 g/mol. The van der Waals surface area contributed by atoms with Crippen molar-refractivity contribution in [3.05, 3.63) is 72.1 Å². The van der Waals surface area contributed by atoms with Crippen LogP contribution in [0.2, 0.25) is 0 Å². The van der Waals surface area contributed by atoms with Crippen LogP contribution in [0.5, 0.6) is 0 Å². The molecule has 4 nitrogen and oxygen atoms in total. The molecule has 2 aromatic carbocycles. The summed E-state index contributed by atoms with van der Waals surface area (Å²) in [6, 6.07) is 16.2. The molecule has 3 aromatic rings. The number of nitrogens with one attached hydrogen (secondary N) is 1. The van der Waals surface area contributed by atoms with Crippen LogP contribution in [0.1, 0.15) is 18.1 Å². The molecule has 0 spiro atoms. The Morgan fingerprint density at radius 1 is 1.12 bits per heavy atom. The van der Waals surface area contributed by atoms with Crippen LogP contribution in [0.4, 0.5) is 5.69 Å². The van der Waals surface area contributed by atoms with E-state index in [9.17, 15) is 4.79 Å². The standard InChI is InChI=1S/C20H21N3OS/c1-3-16-6-8-17(9-7-16)22-19(24)14-25-20-21-12-13-23(20)18-10-4-15(2)5-11-18/h4-13H,3,14H2,1-2H3,(H,22,24). The predicted molar refractivity (Wildman–Crippen MR) is 103 cm³/mol. The molecule has 0 unspecified atom stereocenters. The molecule has 0 radical (unpaired) electrons. The normalized spacial score (nSPS) is 10.6. The van der Waals surface area contributed by atoms with Crippen LogP contribution in [0, 0.1) is 6.92 Å². The Balaban J connectivity index is 1.61. The molecular formula is C20H21N3OS. The van der Waals surface area contributed by atoms with Crippen molar-refractivity contribution in [2.24, 2.45) is 0 Å². The third-order valence-electron chi connectivity index (χ3n) is 3.90. The lowest BCUT2D eigenvalue weighted by Gasteiger charge is -2.08. The van der Waals surface area contributed by atoms with Crippen LogP contribution >= 0.6 is 11.8 Å². The maximum Gasteiger partial charge on any atom is 0.234 e. The van der Waals surface area contributed by atoms with Gasteiger partial charge in [0.05, 0.1) is 5.75 Å². The number of carbonyl (C=O) groups excluding carboxylic acids is 1. The maximum atomic E-state index is 12.2. The van der Waals surface area contributed by atoms with Crippen LogP contribution in [-0.4, -0.2) is 21.2 Å². The van der Waals surface area contributed by atoms with E-state index in [0.29, 0.717) is 5.75 Å². The van der Waals surface area contributed by atoms with Crippen LogP contribution in [0.3, 0.4) is 0 Å². The molecule has 3 rings (SSSR count). The number of imidazole rings is 1. The lowest BCUT2D eigenvalue weighted by molar-refractivity contribution is -0.113. The molecule has 1 N–H and O–H groups in total. The third-order valence-corrected chi connectivity index (χ3v) is 4.86. The van der Waals surface area contributed by atoms with Gasteiger partial charge in [-0.1, -0.05) is 48.5 Å². The number of rotatable bonds is 6. The highest BCUT2D eigenvalue weighted by molar-refractivity contribution is 7.99. The molecule has 0 bridgehead atoms. The second-order valence-corrected chi connectivity index (χ2v) is 6.75. The van der Waals surface area contributed by atoms with Crippen molar-refractivity contribution in [2.45, 2.75) is 25.4 Å². The van der Waals surface area contributed by atoms with E-state index in [-0.39, 0.29) is 5.91 Å². The van der Waals surface area contributed by atoms with Gasteiger partial charge in [-0.25, -0.2) is 4.98 Å². The van der Waals surface area contributed by atoms with Gasteiger partial charge in [0.15, 0.2) is 5.16 Å². The van der Waals surface area contributed by atoms with Gasteiger partial charge in [-0.15, -0.1) is 0 Å². The van der Waals surface area contributed by atoms with Gasteiger partial charge >= 0.3 is 0 Å². The van der Waals surface area contributed by atoms with Gasteiger partial charge in [0, 0.05) is 23.8 Å². The predicted octanol–water partition coefficient (Wildman–Crippen LogP) is 4.47. The molecule has 5 heteroatoms. The van der Waals surface area contributed by atoms with Crippen molar-refractivity contribution >= 4 is 23.4 Å². The third kappa shape index (κ3) is 4.51. The summed E-state index contributed by atoms with van der Waals surface area (Å²) >= 11 is 1.43. The summed E-state index contributed by atoms with van der Waals surface area (Å²) in [4.78, 5) is 16.5. The Morgan fingerprint density at radius 2 is 1.84 bits per heavy atom. The lowest BCUT2D eigenvalue weighted by Crippen LogP contribution is -2.14. The Morgan fingerprint density at radius 3 is 2.52 bits per heavy atom.